The third kappa shape index (κ3) is 5.59. The molecule has 0 spiro atoms. The molecule has 0 bridgehead atoms. The number of piperazine rings is 1. The van der Waals surface area contributed by atoms with E-state index >= 15 is 0 Å². The number of carbonyl (C=O) groups excluding carboxylic acids is 1. The molecule has 0 unspecified atom stereocenters. The normalized spacial score (nSPS) is 14.4. The highest BCUT2D eigenvalue weighted by Crippen LogP contribution is 2.30. The predicted molar refractivity (Wildman–Crippen MR) is 113 cm³/mol. The molecule has 1 aliphatic heterocycles. The van der Waals surface area contributed by atoms with Crippen molar-refractivity contribution in [2.75, 3.05) is 31.1 Å². The number of carboxylic acid groups (broad SMARTS) is 1. The number of benzene rings is 1. The van der Waals surface area contributed by atoms with E-state index in [4.69, 9.17) is 14.6 Å². The van der Waals surface area contributed by atoms with Crippen molar-refractivity contribution in [1.29, 1.82) is 0 Å². The average Bonchev–Trinajstić information content (AvgIpc) is 2.68. The Morgan fingerprint density at radius 2 is 1.83 bits per heavy atom. The zero-order valence-corrected chi connectivity index (χ0v) is 18.5. The molecule has 1 amide bonds. The van der Waals surface area contributed by atoms with E-state index in [2.05, 4.69) is 25.9 Å². The van der Waals surface area contributed by atoms with Crippen LogP contribution >= 0.6 is 15.9 Å². The van der Waals surface area contributed by atoms with Gasteiger partial charge >= 0.3 is 12.1 Å². The topological polar surface area (TPSA) is 105 Å². The highest BCUT2D eigenvalue weighted by atomic mass is 79.9. The van der Waals surface area contributed by atoms with Gasteiger partial charge in [-0.3, -0.25) is 0 Å². The number of aromatic carboxylic acids is 1. The van der Waals surface area contributed by atoms with Crippen LogP contribution in [-0.4, -0.2) is 63.8 Å². The summed E-state index contributed by atoms with van der Waals surface area (Å²) in [7, 11) is 0. The first-order valence-electron chi connectivity index (χ1n) is 9.39. The smallest absolute Gasteiger partial charge is 0.410 e. The van der Waals surface area contributed by atoms with E-state index in [-0.39, 0.29) is 17.5 Å². The Labute approximate surface area is 182 Å². The van der Waals surface area contributed by atoms with Crippen molar-refractivity contribution < 1.29 is 24.2 Å². The molecule has 10 heteroatoms. The third-order valence-electron chi connectivity index (χ3n) is 4.22. The van der Waals surface area contributed by atoms with E-state index in [0.29, 0.717) is 42.3 Å². The van der Waals surface area contributed by atoms with Gasteiger partial charge < -0.3 is 24.4 Å². The number of anilines is 1. The van der Waals surface area contributed by atoms with Gasteiger partial charge in [0.25, 0.3) is 0 Å². The van der Waals surface area contributed by atoms with Gasteiger partial charge in [0.15, 0.2) is 0 Å². The number of hydrogen-bond donors (Lipinski definition) is 1. The van der Waals surface area contributed by atoms with Crippen LogP contribution in [0.3, 0.4) is 0 Å². The lowest BCUT2D eigenvalue weighted by molar-refractivity contribution is 0.0240. The van der Waals surface area contributed by atoms with Crippen molar-refractivity contribution in [3.63, 3.8) is 0 Å². The SMILES string of the molecule is CC(C)(C)OC(=O)N1CCN(c2nccc(Oc3cc(C(=O)O)ccc3Br)n2)CC1. The molecule has 30 heavy (non-hydrogen) atoms. The molecule has 9 nitrogen and oxygen atoms in total. The minimum absolute atomic E-state index is 0.112. The molecule has 1 aliphatic rings. The molecule has 1 aromatic heterocycles. The van der Waals surface area contributed by atoms with Gasteiger partial charge in [0.05, 0.1) is 10.0 Å². The van der Waals surface area contributed by atoms with E-state index in [0.717, 1.165) is 0 Å². The van der Waals surface area contributed by atoms with Crippen LogP contribution in [0.1, 0.15) is 31.1 Å². The number of rotatable bonds is 4. The molecule has 1 saturated heterocycles. The van der Waals surface area contributed by atoms with Gasteiger partial charge in [-0.2, -0.15) is 4.98 Å². The molecule has 160 valence electrons. The van der Waals surface area contributed by atoms with Crippen molar-refractivity contribution in [1.82, 2.24) is 14.9 Å². The molecule has 2 aromatic rings. The number of amides is 1. The van der Waals surface area contributed by atoms with Gasteiger partial charge in [-0.05, 0) is 54.9 Å². The van der Waals surface area contributed by atoms with Gasteiger partial charge in [-0.25, -0.2) is 14.6 Å². The lowest BCUT2D eigenvalue weighted by Crippen LogP contribution is -2.50. The van der Waals surface area contributed by atoms with Gasteiger partial charge in [0, 0.05) is 38.4 Å². The zero-order chi connectivity index (χ0) is 21.9. The minimum Gasteiger partial charge on any atom is -0.478 e. The highest BCUT2D eigenvalue weighted by Gasteiger charge is 2.27. The second-order valence-corrected chi connectivity index (χ2v) is 8.56. The Bertz CT molecular complexity index is 939. The largest absolute Gasteiger partial charge is 0.478 e. The van der Waals surface area contributed by atoms with Gasteiger partial charge in [-0.1, -0.05) is 0 Å². The van der Waals surface area contributed by atoms with Crippen LogP contribution in [0.4, 0.5) is 10.7 Å². The third-order valence-corrected chi connectivity index (χ3v) is 4.88. The summed E-state index contributed by atoms with van der Waals surface area (Å²) in [4.78, 5) is 35.7. The first-order chi connectivity index (χ1) is 14.1. The molecule has 3 rings (SSSR count). The summed E-state index contributed by atoms with van der Waals surface area (Å²) in [5.74, 6) is 0.0625. The van der Waals surface area contributed by atoms with E-state index in [1.807, 2.05) is 25.7 Å². The molecule has 0 saturated carbocycles. The van der Waals surface area contributed by atoms with E-state index < -0.39 is 11.6 Å². The number of ether oxygens (including phenoxy) is 2. The molecule has 0 aliphatic carbocycles. The Balaban J connectivity index is 1.66. The maximum atomic E-state index is 12.2. The van der Waals surface area contributed by atoms with Crippen LogP contribution in [0.25, 0.3) is 0 Å². The Kier molecular flexibility index (Phi) is 6.45. The fraction of sp³-hybridized carbons (Fsp3) is 0.400. The summed E-state index contributed by atoms with van der Waals surface area (Å²) < 4.78 is 11.8. The summed E-state index contributed by atoms with van der Waals surface area (Å²) in [6.45, 7) is 7.62. The van der Waals surface area contributed by atoms with E-state index in [1.54, 1.807) is 23.2 Å². The molecule has 1 fully saturated rings. The fourth-order valence-corrected chi connectivity index (χ4v) is 3.11. The van der Waals surface area contributed by atoms with Crippen LogP contribution in [-0.2, 0) is 4.74 Å². The quantitative estimate of drug-likeness (QED) is 0.707. The summed E-state index contributed by atoms with van der Waals surface area (Å²) in [6, 6.07) is 6.11. The molecular formula is C20H23BrN4O5. The van der Waals surface area contributed by atoms with Gasteiger partial charge in [0.1, 0.15) is 11.4 Å². The monoisotopic (exact) mass is 478 g/mol. The Morgan fingerprint density at radius 1 is 1.13 bits per heavy atom. The Hall–Kier alpha value is -2.88. The number of nitrogens with zero attached hydrogens (tertiary/aromatic N) is 4. The highest BCUT2D eigenvalue weighted by molar-refractivity contribution is 9.10. The lowest BCUT2D eigenvalue weighted by atomic mass is 10.2. The predicted octanol–water partition coefficient (Wildman–Crippen LogP) is 3.79. The molecule has 0 radical (unpaired) electrons. The van der Waals surface area contributed by atoms with Crippen molar-refractivity contribution in [3.05, 3.63) is 40.5 Å². The first-order valence-corrected chi connectivity index (χ1v) is 10.2. The number of carbonyl (C=O) groups is 2. The van der Waals surface area contributed by atoms with Crippen LogP contribution in [0.2, 0.25) is 0 Å². The second kappa shape index (κ2) is 8.86. The summed E-state index contributed by atoms with van der Waals surface area (Å²) >= 11 is 3.35. The minimum atomic E-state index is -1.04. The summed E-state index contributed by atoms with van der Waals surface area (Å²) in [6.07, 6.45) is 1.25. The molecule has 1 N–H and O–H groups in total. The van der Waals surface area contributed by atoms with Crippen LogP contribution in [0.15, 0.2) is 34.9 Å². The summed E-state index contributed by atoms with van der Waals surface area (Å²) in [5, 5.41) is 9.16. The van der Waals surface area contributed by atoms with Crippen LogP contribution in [0.5, 0.6) is 11.6 Å². The second-order valence-electron chi connectivity index (χ2n) is 7.70. The van der Waals surface area contributed by atoms with E-state index in [9.17, 15) is 9.59 Å². The maximum absolute atomic E-state index is 12.2. The number of carboxylic acids is 1. The standard InChI is InChI=1S/C20H23BrN4O5/c1-20(2,3)30-19(28)25-10-8-24(9-11-25)18-22-7-6-16(23-18)29-15-12-13(17(26)27)4-5-14(15)21/h4-7,12H,8-11H2,1-3H3,(H,26,27). The molecular weight excluding hydrogens is 456 g/mol. The Morgan fingerprint density at radius 3 is 2.47 bits per heavy atom. The first kappa shape index (κ1) is 21.8. The maximum Gasteiger partial charge on any atom is 0.410 e. The molecule has 2 heterocycles. The average molecular weight is 479 g/mol. The lowest BCUT2D eigenvalue weighted by Gasteiger charge is -2.35. The summed E-state index contributed by atoms with van der Waals surface area (Å²) in [5.41, 5.74) is -0.421. The van der Waals surface area contributed by atoms with Crippen LogP contribution in [0, 0.1) is 0 Å². The molecule has 0 atom stereocenters. The van der Waals surface area contributed by atoms with Gasteiger partial charge in [0.2, 0.25) is 11.8 Å². The fourth-order valence-electron chi connectivity index (χ4n) is 2.78. The molecule has 1 aromatic carbocycles. The van der Waals surface area contributed by atoms with E-state index in [1.165, 1.54) is 12.1 Å². The van der Waals surface area contributed by atoms with Crippen molar-refractivity contribution in [3.8, 4) is 11.6 Å². The van der Waals surface area contributed by atoms with Crippen molar-refractivity contribution in [2.24, 2.45) is 0 Å². The number of aromatic nitrogens is 2. The van der Waals surface area contributed by atoms with Gasteiger partial charge in [-0.15, -0.1) is 0 Å². The number of halogens is 1. The van der Waals surface area contributed by atoms with Crippen molar-refractivity contribution in [2.45, 2.75) is 26.4 Å². The number of hydrogen-bond acceptors (Lipinski definition) is 7. The van der Waals surface area contributed by atoms with Crippen LogP contribution < -0.4 is 9.64 Å². The zero-order valence-electron chi connectivity index (χ0n) is 17.0. The van der Waals surface area contributed by atoms with Crippen molar-refractivity contribution >= 4 is 33.9 Å².